The number of rotatable bonds is 1. The van der Waals surface area contributed by atoms with Gasteiger partial charge in [-0.15, -0.1) is 0 Å². The van der Waals surface area contributed by atoms with E-state index in [0.29, 0.717) is 5.02 Å². The van der Waals surface area contributed by atoms with Gasteiger partial charge in [0.2, 0.25) is 5.91 Å². The van der Waals surface area contributed by atoms with Crippen LogP contribution in [0.1, 0.15) is 25.5 Å². The smallest absolute Gasteiger partial charge is 0.245 e. The second-order valence-corrected chi connectivity index (χ2v) is 5.93. The van der Waals surface area contributed by atoms with E-state index < -0.39 is 6.04 Å². The summed E-state index contributed by atoms with van der Waals surface area (Å²) in [5.41, 5.74) is 8.27. The highest BCUT2D eigenvalue weighted by Crippen LogP contribution is 2.38. The summed E-state index contributed by atoms with van der Waals surface area (Å²) in [4.78, 5) is 13.8. The van der Waals surface area contributed by atoms with Crippen molar-refractivity contribution in [3.63, 3.8) is 0 Å². The fourth-order valence-corrected chi connectivity index (χ4v) is 3.20. The van der Waals surface area contributed by atoms with Gasteiger partial charge in [0.05, 0.1) is 22.9 Å². The number of fused-ring (bicyclic) bond motifs is 1. The van der Waals surface area contributed by atoms with Crippen LogP contribution in [0.25, 0.3) is 0 Å². The van der Waals surface area contributed by atoms with Crippen LogP contribution in [0.2, 0.25) is 5.02 Å². The summed E-state index contributed by atoms with van der Waals surface area (Å²) in [5.74, 6) is -0.183. The molecular weight excluding hydrogens is 278 g/mol. The first-order chi connectivity index (χ1) is 9.45. The molecule has 0 aromatic heterocycles. The standard InChI is InChI=1S/C14H18ClN3O2/c1-7-5-18(6-8(2)20-7)12-4-11-9(3-10(12)15)13(16)14(19)17-11/h3-4,7-8,13H,5-6,16H2,1-2H3,(H,17,19). The number of ether oxygens (including phenoxy) is 1. The van der Waals surface area contributed by atoms with Crippen molar-refractivity contribution in [2.75, 3.05) is 23.3 Å². The lowest BCUT2D eigenvalue weighted by Crippen LogP contribution is -2.45. The molecule has 108 valence electrons. The lowest BCUT2D eigenvalue weighted by Gasteiger charge is -2.37. The summed E-state index contributed by atoms with van der Waals surface area (Å²) in [6, 6.07) is 3.08. The van der Waals surface area contributed by atoms with Crippen LogP contribution < -0.4 is 16.0 Å². The topological polar surface area (TPSA) is 67.6 Å². The molecule has 3 rings (SSSR count). The molecule has 0 bridgehead atoms. The van der Waals surface area contributed by atoms with Crippen molar-refractivity contribution >= 4 is 28.9 Å². The van der Waals surface area contributed by atoms with Gasteiger partial charge in [-0.2, -0.15) is 0 Å². The lowest BCUT2D eigenvalue weighted by molar-refractivity contribution is -0.116. The van der Waals surface area contributed by atoms with Gasteiger partial charge in [0.15, 0.2) is 0 Å². The zero-order valence-electron chi connectivity index (χ0n) is 11.5. The highest BCUT2D eigenvalue weighted by molar-refractivity contribution is 6.33. The van der Waals surface area contributed by atoms with Crippen molar-refractivity contribution in [3.05, 3.63) is 22.7 Å². The minimum Gasteiger partial charge on any atom is -0.372 e. The molecule has 1 aromatic carbocycles. The Balaban J connectivity index is 1.95. The van der Waals surface area contributed by atoms with Crippen LogP contribution in [0.15, 0.2) is 12.1 Å². The third kappa shape index (κ3) is 2.26. The molecule has 2 heterocycles. The average molecular weight is 296 g/mol. The van der Waals surface area contributed by atoms with E-state index in [2.05, 4.69) is 10.2 Å². The van der Waals surface area contributed by atoms with Crippen molar-refractivity contribution in [1.82, 2.24) is 0 Å². The SMILES string of the molecule is CC1CN(c2cc3c(cc2Cl)C(N)C(=O)N3)CC(C)O1. The number of morpholine rings is 1. The molecule has 3 N–H and O–H groups in total. The zero-order chi connectivity index (χ0) is 14.4. The molecule has 0 saturated carbocycles. The van der Waals surface area contributed by atoms with E-state index in [0.717, 1.165) is 30.0 Å². The zero-order valence-corrected chi connectivity index (χ0v) is 12.3. The number of nitrogens with two attached hydrogens (primary N) is 1. The van der Waals surface area contributed by atoms with Gasteiger partial charge >= 0.3 is 0 Å². The van der Waals surface area contributed by atoms with Crippen molar-refractivity contribution in [3.8, 4) is 0 Å². The number of hydrogen-bond donors (Lipinski definition) is 2. The normalized spacial score (nSPS) is 29.3. The molecule has 1 amide bonds. The minimum atomic E-state index is -0.626. The van der Waals surface area contributed by atoms with Crippen molar-refractivity contribution in [2.24, 2.45) is 5.73 Å². The Morgan fingerprint density at radius 1 is 1.35 bits per heavy atom. The first-order valence-corrected chi connectivity index (χ1v) is 7.14. The first-order valence-electron chi connectivity index (χ1n) is 6.76. The Kier molecular flexibility index (Phi) is 3.36. The summed E-state index contributed by atoms with van der Waals surface area (Å²) in [6.07, 6.45) is 0.305. The molecule has 0 aliphatic carbocycles. The van der Waals surface area contributed by atoms with Crippen molar-refractivity contribution < 1.29 is 9.53 Å². The van der Waals surface area contributed by atoms with Gasteiger partial charge in [0, 0.05) is 24.3 Å². The highest BCUT2D eigenvalue weighted by Gasteiger charge is 2.30. The van der Waals surface area contributed by atoms with Gasteiger partial charge in [-0.1, -0.05) is 11.6 Å². The fraction of sp³-hybridized carbons (Fsp3) is 0.500. The Labute approximate surface area is 123 Å². The molecule has 0 radical (unpaired) electrons. The Morgan fingerprint density at radius 3 is 2.65 bits per heavy atom. The van der Waals surface area contributed by atoms with Gasteiger partial charge < -0.3 is 20.7 Å². The van der Waals surface area contributed by atoms with Gasteiger partial charge in [-0.3, -0.25) is 4.79 Å². The summed E-state index contributed by atoms with van der Waals surface area (Å²) < 4.78 is 5.73. The average Bonchev–Trinajstić information content (AvgIpc) is 2.63. The minimum absolute atomic E-state index is 0.153. The summed E-state index contributed by atoms with van der Waals surface area (Å²) in [5, 5.41) is 3.42. The lowest BCUT2D eigenvalue weighted by atomic mass is 10.1. The molecule has 2 aliphatic rings. The van der Waals surface area contributed by atoms with E-state index in [1.54, 1.807) is 6.07 Å². The third-order valence-corrected chi connectivity index (χ3v) is 4.06. The van der Waals surface area contributed by atoms with Crippen LogP contribution in [-0.2, 0) is 9.53 Å². The van der Waals surface area contributed by atoms with Gasteiger partial charge in [-0.25, -0.2) is 0 Å². The predicted octanol–water partition coefficient (Wildman–Crippen LogP) is 1.91. The Hall–Kier alpha value is -1.30. The molecule has 1 saturated heterocycles. The number of carbonyl (C=O) groups excluding carboxylic acids is 1. The van der Waals surface area contributed by atoms with E-state index in [-0.39, 0.29) is 18.1 Å². The molecular formula is C14H18ClN3O2. The largest absolute Gasteiger partial charge is 0.372 e. The molecule has 3 atom stereocenters. The first kappa shape index (κ1) is 13.7. The number of carbonyl (C=O) groups is 1. The molecule has 5 nitrogen and oxygen atoms in total. The van der Waals surface area contributed by atoms with Gasteiger partial charge in [0.25, 0.3) is 0 Å². The van der Waals surface area contributed by atoms with Crippen LogP contribution in [0.5, 0.6) is 0 Å². The van der Waals surface area contributed by atoms with E-state index >= 15 is 0 Å². The van der Waals surface area contributed by atoms with Gasteiger partial charge in [-0.05, 0) is 26.0 Å². The van der Waals surface area contributed by atoms with Crippen molar-refractivity contribution in [1.29, 1.82) is 0 Å². The van der Waals surface area contributed by atoms with E-state index in [1.165, 1.54) is 0 Å². The quantitative estimate of drug-likeness (QED) is 0.830. The molecule has 2 aliphatic heterocycles. The number of nitrogens with zero attached hydrogens (tertiary/aromatic N) is 1. The maximum absolute atomic E-state index is 11.6. The predicted molar refractivity (Wildman–Crippen MR) is 79.2 cm³/mol. The maximum Gasteiger partial charge on any atom is 0.245 e. The van der Waals surface area contributed by atoms with Crippen LogP contribution in [0.4, 0.5) is 11.4 Å². The van der Waals surface area contributed by atoms with E-state index in [4.69, 9.17) is 22.1 Å². The molecule has 1 aromatic rings. The second kappa shape index (κ2) is 4.91. The molecule has 6 heteroatoms. The third-order valence-electron chi connectivity index (χ3n) is 3.75. The second-order valence-electron chi connectivity index (χ2n) is 5.52. The van der Waals surface area contributed by atoms with E-state index in [9.17, 15) is 4.79 Å². The van der Waals surface area contributed by atoms with Crippen molar-refractivity contribution in [2.45, 2.75) is 32.1 Å². The van der Waals surface area contributed by atoms with Crippen LogP contribution in [0.3, 0.4) is 0 Å². The van der Waals surface area contributed by atoms with Crippen LogP contribution in [0, 0.1) is 0 Å². The molecule has 1 fully saturated rings. The van der Waals surface area contributed by atoms with Crippen LogP contribution >= 0.6 is 11.6 Å². The number of anilines is 2. The Morgan fingerprint density at radius 2 is 2.00 bits per heavy atom. The summed E-state index contributed by atoms with van der Waals surface area (Å²) in [6.45, 7) is 5.65. The number of hydrogen-bond acceptors (Lipinski definition) is 4. The van der Waals surface area contributed by atoms with Crippen LogP contribution in [-0.4, -0.2) is 31.2 Å². The molecule has 20 heavy (non-hydrogen) atoms. The number of benzene rings is 1. The highest BCUT2D eigenvalue weighted by atomic mass is 35.5. The molecule has 0 spiro atoms. The summed E-state index contributed by atoms with van der Waals surface area (Å²) in [7, 11) is 0. The summed E-state index contributed by atoms with van der Waals surface area (Å²) >= 11 is 6.37. The Bertz CT molecular complexity index is 554. The maximum atomic E-state index is 11.6. The number of amides is 1. The molecule has 3 unspecified atom stereocenters. The fourth-order valence-electron chi connectivity index (χ4n) is 2.91. The van der Waals surface area contributed by atoms with E-state index in [1.807, 2.05) is 19.9 Å². The number of nitrogens with one attached hydrogen (secondary N) is 1. The monoisotopic (exact) mass is 295 g/mol. The van der Waals surface area contributed by atoms with Gasteiger partial charge in [0.1, 0.15) is 6.04 Å². The number of halogens is 1.